The Morgan fingerprint density at radius 2 is 1.71 bits per heavy atom. The lowest BCUT2D eigenvalue weighted by Gasteiger charge is -2.14. The van der Waals surface area contributed by atoms with Gasteiger partial charge in [0.2, 0.25) is 0 Å². The van der Waals surface area contributed by atoms with Crippen molar-refractivity contribution in [1.29, 1.82) is 0 Å². The number of nitrogens with zero attached hydrogens (tertiary/aromatic N) is 1. The molecule has 3 aromatic carbocycles. The zero-order chi connectivity index (χ0) is 21.8. The van der Waals surface area contributed by atoms with Gasteiger partial charge in [0.1, 0.15) is 18.1 Å². The van der Waals surface area contributed by atoms with Gasteiger partial charge in [0.25, 0.3) is 11.1 Å². The van der Waals surface area contributed by atoms with Gasteiger partial charge in [-0.15, -0.1) is 0 Å². The van der Waals surface area contributed by atoms with Gasteiger partial charge in [0.15, 0.2) is 0 Å². The molecule has 158 valence electrons. The fourth-order valence-electron chi connectivity index (χ4n) is 3.33. The molecular formula is C25H23NO4S. The molecule has 3 aromatic rings. The van der Waals surface area contributed by atoms with Crippen LogP contribution in [-0.4, -0.2) is 35.3 Å². The minimum Gasteiger partial charge on any atom is -0.491 e. The molecule has 0 spiro atoms. The first-order chi connectivity index (χ1) is 15.0. The zero-order valence-electron chi connectivity index (χ0n) is 17.4. The van der Waals surface area contributed by atoms with Crippen LogP contribution in [0.25, 0.3) is 16.8 Å². The SMILES string of the molecule is CC(C)Oc1ccc(/C=C2\SC(=O)N(CCOc3cccc4ccccc34)C2=O)cc1. The maximum atomic E-state index is 12.7. The van der Waals surface area contributed by atoms with E-state index in [1.807, 2.05) is 80.6 Å². The van der Waals surface area contributed by atoms with Crippen molar-refractivity contribution in [2.45, 2.75) is 20.0 Å². The minimum absolute atomic E-state index is 0.0958. The van der Waals surface area contributed by atoms with Crippen LogP contribution in [0, 0.1) is 0 Å². The number of hydrogen-bond acceptors (Lipinski definition) is 5. The van der Waals surface area contributed by atoms with E-state index in [1.165, 1.54) is 4.90 Å². The molecule has 0 radical (unpaired) electrons. The molecule has 5 nitrogen and oxygen atoms in total. The molecule has 31 heavy (non-hydrogen) atoms. The monoisotopic (exact) mass is 433 g/mol. The summed E-state index contributed by atoms with van der Waals surface area (Å²) in [5.74, 6) is 1.22. The van der Waals surface area contributed by atoms with Gasteiger partial charge in [-0.1, -0.05) is 48.5 Å². The highest BCUT2D eigenvalue weighted by molar-refractivity contribution is 8.18. The summed E-state index contributed by atoms with van der Waals surface area (Å²) in [6.45, 7) is 4.37. The maximum absolute atomic E-state index is 12.7. The third-order valence-corrected chi connectivity index (χ3v) is 5.65. The number of ether oxygens (including phenoxy) is 2. The largest absolute Gasteiger partial charge is 0.491 e. The number of hydrogen-bond donors (Lipinski definition) is 0. The number of carbonyl (C=O) groups excluding carboxylic acids is 2. The van der Waals surface area contributed by atoms with Crippen LogP contribution in [0.5, 0.6) is 11.5 Å². The van der Waals surface area contributed by atoms with E-state index in [1.54, 1.807) is 6.08 Å². The molecule has 4 rings (SSSR count). The van der Waals surface area contributed by atoms with Crippen LogP contribution in [0.1, 0.15) is 19.4 Å². The van der Waals surface area contributed by atoms with Crippen molar-refractivity contribution < 1.29 is 19.1 Å². The summed E-state index contributed by atoms with van der Waals surface area (Å²) in [5, 5.41) is 1.81. The Hall–Kier alpha value is -3.25. The number of benzene rings is 3. The topological polar surface area (TPSA) is 55.8 Å². The summed E-state index contributed by atoms with van der Waals surface area (Å²) in [7, 11) is 0. The summed E-state index contributed by atoms with van der Waals surface area (Å²) < 4.78 is 11.5. The lowest BCUT2D eigenvalue weighted by molar-refractivity contribution is -0.123. The zero-order valence-corrected chi connectivity index (χ0v) is 18.2. The van der Waals surface area contributed by atoms with Crippen molar-refractivity contribution in [3.05, 3.63) is 77.2 Å². The van der Waals surface area contributed by atoms with Crippen LogP contribution in [-0.2, 0) is 4.79 Å². The highest BCUT2D eigenvalue weighted by atomic mass is 32.2. The molecule has 0 atom stereocenters. The van der Waals surface area contributed by atoms with E-state index in [0.29, 0.717) is 4.91 Å². The second-order valence-corrected chi connectivity index (χ2v) is 8.39. The van der Waals surface area contributed by atoms with Crippen molar-refractivity contribution in [1.82, 2.24) is 4.90 Å². The van der Waals surface area contributed by atoms with Gasteiger partial charge >= 0.3 is 0 Å². The van der Waals surface area contributed by atoms with Crippen LogP contribution >= 0.6 is 11.8 Å². The van der Waals surface area contributed by atoms with Gasteiger partial charge in [-0.3, -0.25) is 14.5 Å². The van der Waals surface area contributed by atoms with Crippen LogP contribution in [0.3, 0.4) is 0 Å². The van der Waals surface area contributed by atoms with Gasteiger partial charge in [-0.05, 0) is 60.8 Å². The predicted octanol–water partition coefficient (Wildman–Crippen LogP) is 5.74. The van der Waals surface area contributed by atoms with Crippen molar-refractivity contribution in [2.24, 2.45) is 0 Å². The van der Waals surface area contributed by atoms with Gasteiger partial charge in [0.05, 0.1) is 17.6 Å². The van der Waals surface area contributed by atoms with Crippen molar-refractivity contribution >= 4 is 39.8 Å². The molecule has 1 saturated heterocycles. The second kappa shape index (κ2) is 9.27. The summed E-state index contributed by atoms with van der Waals surface area (Å²) in [4.78, 5) is 26.7. The summed E-state index contributed by atoms with van der Waals surface area (Å²) in [6.07, 6.45) is 1.83. The average molecular weight is 434 g/mol. The number of rotatable bonds is 7. The Balaban J connectivity index is 1.39. The minimum atomic E-state index is -0.293. The standard InChI is InChI=1S/C25H23NO4S/c1-17(2)30-20-12-10-18(11-13-20)16-23-24(27)26(25(28)31-23)14-15-29-22-9-5-7-19-6-3-4-8-21(19)22/h3-13,16-17H,14-15H2,1-2H3/b23-16-. The van der Waals surface area contributed by atoms with Gasteiger partial charge in [0, 0.05) is 5.39 Å². The highest BCUT2D eigenvalue weighted by Crippen LogP contribution is 2.32. The van der Waals surface area contributed by atoms with E-state index in [4.69, 9.17) is 9.47 Å². The molecule has 0 aromatic heterocycles. The normalized spacial score (nSPS) is 15.3. The molecule has 0 unspecified atom stereocenters. The lowest BCUT2D eigenvalue weighted by atomic mass is 10.1. The Bertz CT molecular complexity index is 1130. The fraction of sp³-hybridized carbons (Fsp3) is 0.200. The van der Waals surface area contributed by atoms with Crippen molar-refractivity contribution in [3.8, 4) is 11.5 Å². The molecule has 0 bridgehead atoms. The smallest absolute Gasteiger partial charge is 0.293 e. The van der Waals surface area contributed by atoms with E-state index in [2.05, 4.69) is 0 Å². The van der Waals surface area contributed by atoms with Crippen LogP contribution in [0.4, 0.5) is 4.79 Å². The maximum Gasteiger partial charge on any atom is 0.293 e. The fourth-order valence-corrected chi connectivity index (χ4v) is 4.19. The molecular weight excluding hydrogens is 410 g/mol. The third kappa shape index (κ3) is 4.91. The number of amides is 2. The Labute approximate surface area is 185 Å². The number of imide groups is 1. The van der Waals surface area contributed by atoms with Gasteiger partial charge in [-0.2, -0.15) is 0 Å². The molecule has 0 saturated carbocycles. The van der Waals surface area contributed by atoms with Crippen molar-refractivity contribution in [3.63, 3.8) is 0 Å². The van der Waals surface area contributed by atoms with Crippen LogP contribution in [0.15, 0.2) is 71.6 Å². The average Bonchev–Trinajstić information content (AvgIpc) is 3.02. The molecule has 1 fully saturated rings. The van der Waals surface area contributed by atoms with E-state index in [-0.39, 0.29) is 30.4 Å². The van der Waals surface area contributed by atoms with Gasteiger partial charge < -0.3 is 9.47 Å². The molecule has 0 aliphatic carbocycles. The van der Waals surface area contributed by atoms with E-state index in [9.17, 15) is 9.59 Å². The third-order valence-electron chi connectivity index (χ3n) is 4.75. The Kier molecular flexibility index (Phi) is 6.28. The first-order valence-corrected chi connectivity index (χ1v) is 11.0. The first-order valence-electron chi connectivity index (χ1n) is 10.1. The summed E-state index contributed by atoms with van der Waals surface area (Å²) >= 11 is 0.952. The number of thioether (sulfide) groups is 1. The van der Waals surface area contributed by atoms with E-state index >= 15 is 0 Å². The summed E-state index contributed by atoms with van der Waals surface area (Å²) in [5.41, 5.74) is 0.841. The predicted molar refractivity (Wildman–Crippen MR) is 124 cm³/mol. The highest BCUT2D eigenvalue weighted by Gasteiger charge is 2.34. The first kappa shape index (κ1) is 21.0. The summed E-state index contributed by atoms with van der Waals surface area (Å²) in [6, 6.07) is 21.2. The Morgan fingerprint density at radius 3 is 2.48 bits per heavy atom. The molecule has 6 heteroatoms. The number of carbonyl (C=O) groups is 2. The number of fused-ring (bicyclic) bond motifs is 1. The van der Waals surface area contributed by atoms with Crippen LogP contribution in [0.2, 0.25) is 0 Å². The van der Waals surface area contributed by atoms with Crippen molar-refractivity contribution in [2.75, 3.05) is 13.2 Å². The molecule has 2 amide bonds. The Morgan fingerprint density at radius 1 is 0.968 bits per heavy atom. The molecule has 0 N–H and O–H groups in total. The van der Waals surface area contributed by atoms with E-state index in [0.717, 1.165) is 39.6 Å². The second-order valence-electron chi connectivity index (χ2n) is 7.39. The molecule has 1 aliphatic rings. The quantitative estimate of drug-likeness (QED) is 0.445. The molecule has 1 aliphatic heterocycles. The van der Waals surface area contributed by atoms with Gasteiger partial charge in [-0.25, -0.2) is 0 Å². The van der Waals surface area contributed by atoms with Crippen LogP contribution < -0.4 is 9.47 Å². The molecule has 1 heterocycles. The lowest BCUT2D eigenvalue weighted by Crippen LogP contribution is -2.32. The van der Waals surface area contributed by atoms with E-state index < -0.39 is 0 Å².